The second kappa shape index (κ2) is 7.14. The molecule has 0 spiro atoms. The minimum atomic E-state index is -1.32. The van der Waals surface area contributed by atoms with Crippen LogP contribution in [0.2, 0.25) is 0 Å². The summed E-state index contributed by atoms with van der Waals surface area (Å²) < 4.78 is 40.1. The predicted molar refractivity (Wildman–Crippen MR) is 79.5 cm³/mol. The molecule has 2 aromatic rings. The van der Waals surface area contributed by atoms with Crippen LogP contribution in [0, 0.1) is 17.5 Å². The number of benzene rings is 2. The van der Waals surface area contributed by atoms with E-state index in [2.05, 4.69) is 5.32 Å². The third-order valence-electron chi connectivity index (χ3n) is 3.21. The highest BCUT2D eigenvalue weighted by molar-refractivity contribution is 5.96. The van der Waals surface area contributed by atoms with Crippen LogP contribution in [-0.4, -0.2) is 16.9 Å². The van der Waals surface area contributed by atoms with E-state index < -0.39 is 53.0 Å². The summed E-state index contributed by atoms with van der Waals surface area (Å²) in [6.07, 6.45) is -1.81. The first-order chi connectivity index (χ1) is 11.3. The standard InChI is InChI=1S/C16H13F3N2O3/c17-9-3-1-2-8(4-9)14(22)7-15(23)21-13-5-10(16(20)24)11(18)6-12(13)19/h1-6,14,22H,7H2,(H2,20,24)(H,21,23). The summed E-state index contributed by atoms with van der Waals surface area (Å²) in [7, 11) is 0. The molecule has 0 bridgehead atoms. The van der Waals surface area contributed by atoms with Gasteiger partial charge in [-0.2, -0.15) is 0 Å². The van der Waals surface area contributed by atoms with Gasteiger partial charge in [0.1, 0.15) is 17.5 Å². The molecular weight excluding hydrogens is 325 g/mol. The lowest BCUT2D eigenvalue weighted by molar-refractivity contribution is -0.118. The van der Waals surface area contributed by atoms with Crippen LogP contribution in [0.5, 0.6) is 0 Å². The lowest BCUT2D eigenvalue weighted by Crippen LogP contribution is -2.18. The van der Waals surface area contributed by atoms with Crippen LogP contribution < -0.4 is 11.1 Å². The number of carbonyl (C=O) groups excluding carboxylic acids is 2. The normalized spacial score (nSPS) is 11.8. The van der Waals surface area contributed by atoms with Crippen LogP contribution in [0.15, 0.2) is 36.4 Å². The van der Waals surface area contributed by atoms with E-state index in [1.807, 2.05) is 0 Å². The van der Waals surface area contributed by atoms with E-state index in [4.69, 9.17) is 5.73 Å². The predicted octanol–water partition coefficient (Wildman–Crippen LogP) is 2.27. The van der Waals surface area contributed by atoms with E-state index in [1.165, 1.54) is 18.2 Å². The molecule has 0 heterocycles. The molecule has 1 unspecified atom stereocenters. The Labute approximate surface area is 134 Å². The zero-order chi connectivity index (χ0) is 17.9. The van der Waals surface area contributed by atoms with Crippen LogP contribution in [0.1, 0.15) is 28.4 Å². The molecule has 4 N–H and O–H groups in total. The highest BCUT2D eigenvalue weighted by Gasteiger charge is 2.18. The van der Waals surface area contributed by atoms with Crippen molar-refractivity contribution in [3.05, 3.63) is 65.0 Å². The number of halogens is 3. The van der Waals surface area contributed by atoms with Gasteiger partial charge in [-0.1, -0.05) is 12.1 Å². The summed E-state index contributed by atoms with van der Waals surface area (Å²) in [5.41, 5.74) is 4.07. The smallest absolute Gasteiger partial charge is 0.251 e. The molecule has 0 aliphatic carbocycles. The molecule has 5 nitrogen and oxygen atoms in total. The lowest BCUT2D eigenvalue weighted by atomic mass is 10.1. The molecular formula is C16H13F3N2O3. The third-order valence-corrected chi connectivity index (χ3v) is 3.21. The van der Waals surface area contributed by atoms with Gasteiger partial charge < -0.3 is 16.2 Å². The Hall–Kier alpha value is -2.87. The first-order valence-electron chi connectivity index (χ1n) is 6.80. The lowest BCUT2D eigenvalue weighted by Gasteiger charge is -2.12. The number of nitrogens with one attached hydrogen (secondary N) is 1. The zero-order valence-corrected chi connectivity index (χ0v) is 12.2. The van der Waals surface area contributed by atoms with Crippen LogP contribution in [0.3, 0.4) is 0 Å². The van der Waals surface area contributed by atoms with Gasteiger partial charge in [-0.3, -0.25) is 9.59 Å². The largest absolute Gasteiger partial charge is 0.388 e. The Morgan fingerprint density at radius 2 is 1.83 bits per heavy atom. The number of nitrogens with two attached hydrogens (primary N) is 1. The number of aliphatic hydroxyl groups excluding tert-OH is 1. The average Bonchev–Trinajstić information content (AvgIpc) is 2.49. The SMILES string of the molecule is NC(=O)c1cc(NC(=O)CC(O)c2cccc(F)c2)c(F)cc1F. The van der Waals surface area contributed by atoms with Crippen molar-refractivity contribution in [3.63, 3.8) is 0 Å². The number of rotatable bonds is 5. The number of hydrogen-bond acceptors (Lipinski definition) is 3. The van der Waals surface area contributed by atoms with Crippen LogP contribution in [0.4, 0.5) is 18.9 Å². The highest BCUT2D eigenvalue weighted by atomic mass is 19.1. The van der Waals surface area contributed by atoms with E-state index in [-0.39, 0.29) is 5.56 Å². The van der Waals surface area contributed by atoms with Crippen molar-refractivity contribution in [2.45, 2.75) is 12.5 Å². The van der Waals surface area contributed by atoms with Crippen molar-refractivity contribution in [1.29, 1.82) is 0 Å². The first kappa shape index (κ1) is 17.5. The van der Waals surface area contributed by atoms with Crippen molar-refractivity contribution in [2.75, 3.05) is 5.32 Å². The molecule has 1 atom stereocenters. The average molecular weight is 338 g/mol. The maximum absolute atomic E-state index is 13.6. The molecule has 24 heavy (non-hydrogen) atoms. The van der Waals surface area contributed by atoms with E-state index in [9.17, 15) is 27.9 Å². The van der Waals surface area contributed by atoms with E-state index in [1.54, 1.807) is 0 Å². The number of carbonyl (C=O) groups is 2. The summed E-state index contributed by atoms with van der Waals surface area (Å²) in [5.74, 6) is -4.78. The van der Waals surface area contributed by atoms with Gasteiger partial charge in [-0.25, -0.2) is 13.2 Å². The Bertz CT molecular complexity index is 796. The maximum atomic E-state index is 13.6. The van der Waals surface area contributed by atoms with E-state index >= 15 is 0 Å². The number of aliphatic hydroxyl groups is 1. The van der Waals surface area contributed by atoms with E-state index in [0.717, 1.165) is 12.1 Å². The fourth-order valence-electron chi connectivity index (χ4n) is 2.04. The fourth-order valence-corrected chi connectivity index (χ4v) is 2.04. The molecule has 8 heteroatoms. The Morgan fingerprint density at radius 3 is 2.46 bits per heavy atom. The van der Waals surface area contributed by atoms with Gasteiger partial charge in [0.25, 0.3) is 5.91 Å². The molecule has 0 radical (unpaired) electrons. The number of primary amides is 1. The molecule has 0 aromatic heterocycles. The minimum Gasteiger partial charge on any atom is -0.388 e. The molecule has 2 rings (SSSR count). The number of hydrogen-bond donors (Lipinski definition) is 3. The monoisotopic (exact) mass is 338 g/mol. The Kier molecular flexibility index (Phi) is 5.20. The molecule has 0 fully saturated rings. The van der Waals surface area contributed by atoms with Crippen LogP contribution >= 0.6 is 0 Å². The number of amides is 2. The maximum Gasteiger partial charge on any atom is 0.251 e. The van der Waals surface area contributed by atoms with Gasteiger partial charge in [0, 0.05) is 6.07 Å². The second-order valence-corrected chi connectivity index (χ2v) is 5.00. The quantitative estimate of drug-likeness (QED) is 0.781. The topological polar surface area (TPSA) is 92.4 Å². The number of anilines is 1. The summed E-state index contributed by atoms with van der Waals surface area (Å²) in [4.78, 5) is 22.9. The molecule has 0 saturated heterocycles. The van der Waals surface area contributed by atoms with Crippen molar-refractivity contribution >= 4 is 17.5 Å². The summed E-state index contributed by atoms with van der Waals surface area (Å²) in [5, 5.41) is 12.0. The summed E-state index contributed by atoms with van der Waals surface area (Å²) in [6.45, 7) is 0. The molecule has 0 saturated carbocycles. The summed E-state index contributed by atoms with van der Waals surface area (Å²) >= 11 is 0. The first-order valence-corrected chi connectivity index (χ1v) is 6.80. The van der Waals surface area contributed by atoms with E-state index in [0.29, 0.717) is 6.07 Å². The fraction of sp³-hybridized carbons (Fsp3) is 0.125. The highest BCUT2D eigenvalue weighted by Crippen LogP contribution is 2.22. The molecule has 126 valence electrons. The Balaban J connectivity index is 2.12. The van der Waals surface area contributed by atoms with Crippen LogP contribution in [-0.2, 0) is 4.79 Å². The molecule has 0 aliphatic rings. The van der Waals surface area contributed by atoms with Gasteiger partial charge in [0.2, 0.25) is 5.91 Å². The van der Waals surface area contributed by atoms with Gasteiger partial charge >= 0.3 is 0 Å². The van der Waals surface area contributed by atoms with Crippen LogP contribution in [0.25, 0.3) is 0 Å². The molecule has 2 amide bonds. The minimum absolute atomic E-state index is 0.169. The van der Waals surface area contributed by atoms with Gasteiger partial charge in [0.05, 0.1) is 23.8 Å². The summed E-state index contributed by atoms with van der Waals surface area (Å²) in [6, 6.07) is 6.20. The van der Waals surface area contributed by atoms with Crippen molar-refractivity contribution in [3.8, 4) is 0 Å². The Morgan fingerprint density at radius 1 is 1.12 bits per heavy atom. The van der Waals surface area contributed by atoms with Crippen molar-refractivity contribution in [2.24, 2.45) is 5.73 Å². The molecule has 2 aromatic carbocycles. The van der Waals surface area contributed by atoms with Gasteiger partial charge in [-0.15, -0.1) is 0 Å². The third kappa shape index (κ3) is 4.11. The van der Waals surface area contributed by atoms with Crippen molar-refractivity contribution in [1.82, 2.24) is 0 Å². The second-order valence-electron chi connectivity index (χ2n) is 5.00. The van der Waals surface area contributed by atoms with Gasteiger partial charge in [0.15, 0.2) is 0 Å². The zero-order valence-electron chi connectivity index (χ0n) is 12.2. The van der Waals surface area contributed by atoms with Gasteiger partial charge in [-0.05, 0) is 23.8 Å². The van der Waals surface area contributed by atoms with Crippen molar-refractivity contribution < 1.29 is 27.9 Å². The molecule has 0 aliphatic heterocycles.